The third-order valence-electron chi connectivity index (χ3n) is 6.99. The highest BCUT2D eigenvalue weighted by molar-refractivity contribution is 5.97. The molecule has 2 aliphatic heterocycles. The molecule has 1 spiro atoms. The largest absolute Gasteiger partial charge is 0.469 e. The molecule has 192 valence electrons. The number of methoxy groups -OCH3 is 2. The molecule has 0 aliphatic carbocycles. The van der Waals surface area contributed by atoms with Crippen molar-refractivity contribution in [3.63, 3.8) is 0 Å². The number of nitrogens with one attached hydrogen (secondary N) is 1. The Morgan fingerprint density at radius 3 is 2.51 bits per heavy atom. The van der Waals surface area contributed by atoms with Crippen LogP contribution in [0.25, 0.3) is 0 Å². The second kappa shape index (κ2) is 10.6. The quantitative estimate of drug-likeness (QED) is 0.286. The molecule has 0 bridgehead atoms. The molecule has 5 rings (SSSR count). The van der Waals surface area contributed by atoms with Crippen molar-refractivity contribution in [3.8, 4) is 11.5 Å². The van der Waals surface area contributed by atoms with Crippen LogP contribution in [0.4, 0.5) is 5.69 Å². The van der Waals surface area contributed by atoms with Gasteiger partial charge >= 0.3 is 11.9 Å². The highest BCUT2D eigenvalue weighted by atomic mass is 16.6. The Balaban J connectivity index is 1.44. The monoisotopic (exact) mass is 501 g/mol. The van der Waals surface area contributed by atoms with Crippen molar-refractivity contribution in [1.82, 2.24) is 0 Å². The fraction of sp³-hybridized carbons (Fsp3) is 0.333. The van der Waals surface area contributed by atoms with Gasteiger partial charge in [0.15, 0.2) is 5.60 Å². The van der Waals surface area contributed by atoms with Crippen LogP contribution in [0, 0.1) is 0 Å². The zero-order chi connectivity index (χ0) is 25.8. The fourth-order valence-corrected chi connectivity index (χ4v) is 5.11. The number of carbonyl (C=O) groups excluding carboxylic acids is 2. The number of hydrogen-bond donors (Lipinski definition) is 1. The zero-order valence-electron chi connectivity index (χ0n) is 21.2. The predicted molar refractivity (Wildman–Crippen MR) is 139 cm³/mol. The molecular formula is C30H31NO6. The number of benzene rings is 3. The smallest absolute Gasteiger partial charge is 0.340 e. The van der Waals surface area contributed by atoms with Crippen LogP contribution in [0.1, 0.15) is 58.3 Å². The summed E-state index contributed by atoms with van der Waals surface area (Å²) >= 11 is 0. The van der Waals surface area contributed by atoms with E-state index in [1.54, 1.807) is 7.11 Å². The molecule has 3 aromatic carbocycles. The van der Waals surface area contributed by atoms with E-state index in [-0.39, 0.29) is 11.9 Å². The lowest BCUT2D eigenvalue weighted by Gasteiger charge is -2.37. The summed E-state index contributed by atoms with van der Waals surface area (Å²) in [5.74, 6) is 0.808. The van der Waals surface area contributed by atoms with Crippen LogP contribution < -0.4 is 10.1 Å². The first-order valence-corrected chi connectivity index (χ1v) is 12.6. The molecule has 2 heterocycles. The SMILES string of the molecule is COCCc1ccc2c(c1)Oc1cc(NCCCCCC(=O)OC)ccc1C21OC(=O)c2ccccc21. The average molecular weight is 502 g/mol. The molecule has 0 saturated heterocycles. The van der Waals surface area contributed by atoms with E-state index in [2.05, 4.69) is 5.32 Å². The van der Waals surface area contributed by atoms with E-state index < -0.39 is 5.60 Å². The Bertz CT molecular complexity index is 1320. The zero-order valence-corrected chi connectivity index (χ0v) is 21.2. The van der Waals surface area contributed by atoms with Gasteiger partial charge in [-0.1, -0.05) is 36.8 Å². The van der Waals surface area contributed by atoms with E-state index in [0.717, 1.165) is 60.2 Å². The van der Waals surface area contributed by atoms with Crippen LogP contribution in [0.3, 0.4) is 0 Å². The summed E-state index contributed by atoms with van der Waals surface area (Å²) in [6, 6.07) is 19.5. The second-order valence-corrected chi connectivity index (χ2v) is 9.32. The van der Waals surface area contributed by atoms with Crippen LogP contribution in [-0.4, -0.2) is 39.3 Å². The lowest BCUT2D eigenvalue weighted by Crippen LogP contribution is -2.33. The number of hydrogen-bond acceptors (Lipinski definition) is 7. The molecule has 7 nitrogen and oxygen atoms in total. The minimum atomic E-state index is -1.07. The number of anilines is 1. The van der Waals surface area contributed by atoms with Crippen LogP contribution in [0.15, 0.2) is 60.7 Å². The summed E-state index contributed by atoms with van der Waals surface area (Å²) in [5, 5.41) is 3.45. The van der Waals surface area contributed by atoms with Crippen molar-refractivity contribution in [2.75, 3.05) is 32.7 Å². The molecule has 1 unspecified atom stereocenters. The van der Waals surface area contributed by atoms with Crippen molar-refractivity contribution < 1.29 is 28.5 Å². The molecule has 0 fully saturated rings. The van der Waals surface area contributed by atoms with Gasteiger partial charge in [0.2, 0.25) is 0 Å². The molecule has 37 heavy (non-hydrogen) atoms. The predicted octanol–water partition coefficient (Wildman–Crippen LogP) is 5.59. The van der Waals surface area contributed by atoms with E-state index in [0.29, 0.717) is 30.1 Å². The molecule has 7 heteroatoms. The number of rotatable bonds is 10. The van der Waals surface area contributed by atoms with E-state index in [1.807, 2.05) is 60.7 Å². The van der Waals surface area contributed by atoms with Crippen molar-refractivity contribution in [2.24, 2.45) is 0 Å². The van der Waals surface area contributed by atoms with Crippen molar-refractivity contribution in [3.05, 3.63) is 88.5 Å². The minimum absolute atomic E-state index is 0.173. The van der Waals surface area contributed by atoms with E-state index >= 15 is 0 Å². The van der Waals surface area contributed by atoms with Crippen molar-refractivity contribution >= 4 is 17.6 Å². The maximum absolute atomic E-state index is 13.0. The number of esters is 2. The molecule has 3 aromatic rings. The standard InChI is InChI=1S/C30H31NO6/c1-34-17-15-20-11-13-24-26(18-20)36-27-19-21(31-16-7-3-4-10-28(32)35-2)12-14-25(27)30(24)23-9-6-5-8-22(23)29(33)37-30/h5-6,8-9,11-14,18-19,31H,3-4,7,10,15-17H2,1-2H3. The third-order valence-corrected chi connectivity index (χ3v) is 6.99. The molecule has 1 atom stereocenters. The lowest BCUT2D eigenvalue weighted by atomic mass is 9.77. The molecule has 0 aromatic heterocycles. The Hall–Kier alpha value is -3.84. The highest BCUT2D eigenvalue weighted by Gasteiger charge is 2.53. The van der Waals surface area contributed by atoms with Gasteiger partial charge in [0.25, 0.3) is 0 Å². The van der Waals surface area contributed by atoms with Gasteiger partial charge in [-0.25, -0.2) is 4.79 Å². The van der Waals surface area contributed by atoms with E-state index in [4.69, 9.17) is 18.9 Å². The summed E-state index contributed by atoms with van der Waals surface area (Å²) in [6.45, 7) is 1.37. The maximum atomic E-state index is 13.0. The Morgan fingerprint density at radius 1 is 0.919 bits per heavy atom. The van der Waals surface area contributed by atoms with Gasteiger partial charge < -0.3 is 24.3 Å². The average Bonchev–Trinajstić information content (AvgIpc) is 3.21. The van der Waals surface area contributed by atoms with E-state index in [9.17, 15) is 9.59 Å². The topological polar surface area (TPSA) is 83.1 Å². The summed E-state index contributed by atoms with van der Waals surface area (Å²) in [6.07, 6.45) is 3.85. The number of carbonyl (C=O) groups is 2. The summed E-state index contributed by atoms with van der Waals surface area (Å²) < 4.78 is 22.6. The van der Waals surface area contributed by atoms with Crippen molar-refractivity contribution in [1.29, 1.82) is 0 Å². The lowest BCUT2D eigenvalue weighted by molar-refractivity contribution is -0.140. The normalized spacial score (nSPS) is 16.9. The van der Waals surface area contributed by atoms with Gasteiger partial charge in [-0.2, -0.15) is 0 Å². The van der Waals surface area contributed by atoms with Crippen LogP contribution >= 0.6 is 0 Å². The van der Waals surface area contributed by atoms with Gasteiger partial charge in [-0.05, 0) is 49.1 Å². The molecule has 0 saturated carbocycles. The van der Waals surface area contributed by atoms with Crippen molar-refractivity contribution in [2.45, 2.75) is 37.7 Å². The van der Waals surface area contributed by atoms with Gasteiger partial charge in [-0.15, -0.1) is 0 Å². The molecule has 1 N–H and O–H groups in total. The van der Waals surface area contributed by atoms with Gasteiger partial charge in [0, 0.05) is 48.5 Å². The first-order chi connectivity index (χ1) is 18.1. The fourth-order valence-electron chi connectivity index (χ4n) is 5.11. The van der Waals surface area contributed by atoms with Gasteiger partial charge in [-0.3, -0.25) is 4.79 Å². The van der Waals surface area contributed by atoms with E-state index in [1.165, 1.54) is 7.11 Å². The Morgan fingerprint density at radius 2 is 1.70 bits per heavy atom. The number of fused-ring (bicyclic) bond motifs is 6. The third kappa shape index (κ3) is 4.67. The maximum Gasteiger partial charge on any atom is 0.340 e. The molecule has 2 aliphatic rings. The molecule has 0 amide bonds. The first-order valence-electron chi connectivity index (χ1n) is 12.6. The highest BCUT2D eigenvalue weighted by Crippen LogP contribution is 2.56. The van der Waals surface area contributed by atoms with Crippen LogP contribution in [0.2, 0.25) is 0 Å². The number of ether oxygens (including phenoxy) is 4. The van der Waals surface area contributed by atoms with Gasteiger partial charge in [0.05, 0.1) is 19.3 Å². The number of unbranched alkanes of at least 4 members (excludes halogenated alkanes) is 2. The summed E-state index contributed by atoms with van der Waals surface area (Å²) in [4.78, 5) is 24.3. The molecular weight excluding hydrogens is 470 g/mol. The Kier molecular flexibility index (Phi) is 7.15. The Labute approximate surface area is 216 Å². The first kappa shape index (κ1) is 24.8. The molecule has 0 radical (unpaired) electrons. The van der Waals surface area contributed by atoms with Crippen LogP contribution in [-0.2, 0) is 31.0 Å². The second-order valence-electron chi connectivity index (χ2n) is 9.32. The summed E-state index contributed by atoms with van der Waals surface area (Å²) in [7, 11) is 3.10. The van der Waals surface area contributed by atoms with Crippen LogP contribution in [0.5, 0.6) is 11.5 Å². The van der Waals surface area contributed by atoms with Gasteiger partial charge in [0.1, 0.15) is 11.5 Å². The minimum Gasteiger partial charge on any atom is -0.469 e. The summed E-state index contributed by atoms with van der Waals surface area (Å²) in [5.41, 5.74) is 3.93.